The number of hydrogen-bond donors (Lipinski definition) is 1. The second-order valence-corrected chi connectivity index (χ2v) is 7.66. The van der Waals surface area contributed by atoms with Crippen LogP contribution in [0.2, 0.25) is 0 Å². The molecule has 0 unspecified atom stereocenters. The highest BCUT2D eigenvalue weighted by atomic mass is 16.5. The summed E-state index contributed by atoms with van der Waals surface area (Å²) in [6.07, 6.45) is 7.48. The molecule has 0 bridgehead atoms. The lowest BCUT2D eigenvalue weighted by atomic mass is 9.95. The van der Waals surface area contributed by atoms with Gasteiger partial charge >= 0.3 is 0 Å². The molecule has 6 nitrogen and oxygen atoms in total. The molecule has 0 spiro atoms. The smallest absolute Gasteiger partial charge is 0.228 e. The normalized spacial score (nSPS) is 13.8. The van der Waals surface area contributed by atoms with Crippen molar-refractivity contribution in [1.82, 2.24) is 14.4 Å². The maximum Gasteiger partial charge on any atom is 0.228 e. The highest BCUT2D eigenvalue weighted by Gasteiger charge is 2.29. The van der Waals surface area contributed by atoms with Crippen molar-refractivity contribution in [2.45, 2.75) is 26.7 Å². The van der Waals surface area contributed by atoms with Gasteiger partial charge in [-0.15, -0.1) is 0 Å². The lowest BCUT2D eigenvalue weighted by molar-refractivity contribution is -0.117. The molecule has 1 fully saturated rings. The first-order valence-corrected chi connectivity index (χ1v) is 9.78. The van der Waals surface area contributed by atoms with Gasteiger partial charge in [0.15, 0.2) is 0 Å². The van der Waals surface area contributed by atoms with Crippen LogP contribution in [0.15, 0.2) is 42.9 Å². The molecule has 6 heteroatoms. The molecular formula is C23H22N4O2. The monoisotopic (exact) mass is 386 g/mol. The maximum atomic E-state index is 12.1. The largest absolute Gasteiger partial charge is 0.496 e. The number of nitrogens with one attached hydrogen (secondary N) is 1. The van der Waals surface area contributed by atoms with Crippen molar-refractivity contribution in [3.63, 3.8) is 0 Å². The number of ether oxygens (including phenoxy) is 1. The molecule has 0 radical (unpaired) electrons. The number of methoxy groups -OCH3 is 1. The number of imidazole rings is 1. The number of carbonyl (C=O) groups is 1. The van der Waals surface area contributed by atoms with Crippen molar-refractivity contribution in [3.05, 3.63) is 54.0 Å². The van der Waals surface area contributed by atoms with Crippen LogP contribution in [0, 0.1) is 19.8 Å². The molecular weight excluding hydrogens is 364 g/mol. The number of pyridine rings is 2. The number of amides is 1. The Morgan fingerprint density at radius 1 is 1.21 bits per heavy atom. The SMILES string of the molecule is COc1ccc(C)c(-c2cc3cnc(NC(=O)C4CC4)cc3n3ccnc23)c1C. The van der Waals surface area contributed by atoms with Crippen LogP contribution in [0.4, 0.5) is 5.82 Å². The van der Waals surface area contributed by atoms with Gasteiger partial charge in [-0.25, -0.2) is 9.97 Å². The zero-order chi connectivity index (χ0) is 20.1. The third kappa shape index (κ3) is 2.92. The highest BCUT2D eigenvalue weighted by Crippen LogP contribution is 2.37. The van der Waals surface area contributed by atoms with E-state index in [2.05, 4.69) is 45.7 Å². The van der Waals surface area contributed by atoms with Gasteiger partial charge in [-0.2, -0.15) is 0 Å². The molecule has 3 aromatic heterocycles. The second-order valence-electron chi connectivity index (χ2n) is 7.66. The molecule has 29 heavy (non-hydrogen) atoms. The van der Waals surface area contributed by atoms with E-state index in [4.69, 9.17) is 4.74 Å². The molecule has 0 saturated heterocycles. The Morgan fingerprint density at radius 3 is 2.79 bits per heavy atom. The molecule has 0 aliphatic heterocycles. The number of aryl methyl sites for hydroxylation is 1. The molecule has 1 saturated carbocycles. The fraction of sp³-hybridized carbons (Fsp3) is 0.261. The van der Waals surface area contributed by atoms with Gasteiger partial charge in [-0.05, 0) is 55.5 Å². The molecule has 0 atom stereocenters. The molecule has 1 amide bonds. The average molecular weight is 386 g/mol. The summed E-state index contributed by atoms with van der Waals surface area (Å²) in [5.41, 5.74) is 6.22. The van der Waals surface area contributed by atoms with Crippen molar-refractivity contribution >= 4 is 28.3 Å². The maximum absolute atomic E-state index is 12.1. The lowest BCUT2D eigenvalue weighted by Crippen LogP contribution is -2.14. The molecule has 1 aromatic carbocycles. The van der Waals surface area contributed by atoms with Crippen LogP contribution in [-0.4, -0.2) is 27.4 Å². The summed E-state index contributed by atoms with van der Waals surface area (Å²) in [5.74, 6) is 1.62. The summed E-state index contributed by atoms with van der Waals surface area (Å²) in [6.45, 7) is 4.17. The number of benzene rings is 1. The van der Waals surface area contributed by atoms with Gasteiger partial charge in [0.25, 0.3) is 0 Å². The van der Waals surface area contributed by atoms with Crippen molar-refractivity contribution in [2.24, 2.45) is 5.92 Å². The molecule has 146 valence electrons. The van der Waals surface area contributed by atoms with Gasteiger partial charge < -0.3 is 10.1 Å². The van der Waals surface area contributed by atoms with E-state index < -0.39 is 0 Å². The third-order valence-corrected chi connectivity index (χ3v) is 5.67. The van der Waals surface area contributed by atoms with Crippen LogP contribution in [0.5, 0.6) is 5.75 Å². The van der Waals surface area contributed by atoms with Crippen LogP contribution >= 0.6 is 0 Å². The molecule has 1 aliphatic rings. The van der Waals surface area contributed by atoms with E-state index >= 15 is 0 Å². The number of hydrogen-bond acceptors (Lipinski definition) is 4. The Kier molecular flexibility index (Phi) is 4.01. The fourth-order valence-electron chi connectivity index (χ4n) is 3.98. The quantitative estimate of drug-likeness (QED) is 0.560. The van der Waals surface area contributed by atoms with Crippen molar-refractivity contribution in [3.8, 4) is 16.9 Å². The van der Waals surface area contributed by atoms with Crippen molar-refractivity contribution < 1.29 is 9.53 Å². The lowest BCUT2D eigenvalue weighted by Gasteiger charge is -2.16. The van der Waals surface area contributed by atoms with Crippen LogP contribution < -0.4 is 10.1 Å². The Morgan fingerprint density at radius 2 is 2.03 bits per heavy atom. The Bertz CT molecular complexity index is 1270. The van der Waals surface area contributed by atoms with E-state index in [-0.39, 0.29) is 11.8 Å². The van der Waals surface area contributed by atoms with E-state index in [0.717, 1.165) is 57.4 Å². The van der Waals surface area contributed by atoms with Gasteiger partial charge in [0.2, 0.25) is 5.91 Å². The van der Waals surface area contributed by atoms with Gasteiger partial charge in [-0.1, -0.05) is 6.07 Å². The fourth-order valence-corrected chi connectivity index (χ4v) is 3.98. The summed E-state index contributed by atoms with van der Waals surface area (Å²) < 4.78 is 7.59. The minimum absolute atomic E-state index is 0.0537. The van der Waals surface area contributed by atoms with E-state index in [0.29, 0.717) is 5.82 Å². The number of fused-ring (bicyclic) bond motifs is 3. The summed E-state index contributed by atoms with van der Waals surface area (Å²) >= 11 is 0. The van der Waals surface area contributed by atoms with Crippen molar-refractivity contribution in [2.75, 3.05) is 12.4 Å². The number of rotatable bonds is 4. The summed E-state index contributed by atoms with van der Waals surface area (Å²) in [7, 11) is 1.69. The number of aromatic nitrogens is 3. The summed E-state index contributed by atoms with van der Waals surface area (Å²) in [6, 6.07) is 8.10. The van der Waals surface area contributed by atoms with E-state index in [1.807, 2.05) is 24.5 Å². The molecule has 5 rings (SSSR count). The van der Waals surface area contributed by atoms with Gasteiger partial charge in [0, 0.05) is 41.5 Å². The first-order valence-electron chi connectivity index (χ1n) is 9.78. The molecule has 1 aliphatic carbocycles. The molecule has 3 heterocycles. The predicted octanol–water partition coefficient (Wildman–Crippen LogP) is 4.52. The predicted molar refractivity (Wildman–Crippen MR) is 113 cm³/mol. The second kappa shape index (κ2) is 6.58. The van der Waals surface area contributed by atoms with E-state index in [9.17, 15) is 4.79 Å². The summed E-state index contributed by atoms with van der Waals surface area (Å²) in [5, 5.41) is 3.92. The Balaban J connectivity index is 1.70. The number of nitrogens with zero attached hydrogens (tertiary/aromatic N) is 3. The van der Waals surface area contributed by atoms with Crippen LogP contribution in [-0.2, 0) is 4.79 Å². The summed E-state index contributed by atoms with van der Waals surface area (Å²) in [4.78, 5) is 21.2. The van der Waals surface area contributed by atoms with Gasteiger partial charge in [0.1, 0.15) is 17.2 Å². The van der Waals surface area contributed by atoms with E-state index in [1.54, 1.807) is 13.3 Å². The topological polar surface area (TPSA) is 68.5 Å². The zero-order valence-corrected chi connectivity index (χ0v) is 16.7. The van der Waals surface area contributed by atoms with Crippen molar-refractivity contribution in [1.29, 1.82) is 0 Å². The first kappa shape index (κ1) is 17.7. The Hall–Kier alpha value is -3.41. The first-order chi connectivity index (χ1) is 14.1. The number of anilines is 1. The van der Waals surface area contributed by atoms with E-state index in [1.165, 1.54) is 0 Å². The minimum atomic E-state index is 0.0537. The van der Waals surface area contributed by atoms with Gasteiger partial charge in [0.05, 0.1) is 12.6 Å². The van der Waals surface area contributed by atoms with Crippen LogP contribution in [0.25, 0.3) is 27.7 Å². The highest BCUT2D eigenvalue weighted by molar-refractivity contribution is 5.97. The van der Waals surface area contributed by atoms with Crippen LogP contribution in [0.3, 0.4) is 0 Å². The minimum Gasteiger partial charge on any atom is -0.496 e. The van der Waals surface area contributed by atoms with Crippen LogP contribution in [0.1, 0.15) is 24.0 Å². The number of carbonyl (C=O) groups excluding carboxylic acids is 1. The third-order valence-electron chi connectivity index (χ3n) is 5.67. The standard InChI is InChI=1S/C23H22N4O2/c1-13-4-7-19(29-3)14(2)21(13)17-10-16-12-25-20(26-23(28)15-5-6-15)11-18(16)27-9-8-24-22(17)27/h4,7-12,15H,5-6H2,1-3H3,(H,25,26,28). The zero-order valence-electron chi connectivity index (χ0n) is 16.7. The Labute approximate surface area is 168 Å². The average Bonchev–Trinajstić information content (AvgIpc) is 3.45. The molecule has 1 N–H and O–H groups in total. The van der Waals surface area contributed by atoms with Gasteiger partial charge in [-0.3, -0.25) is 9.20 Å². The molecule has 4 aromatic rings.